The zero-order chi connectivity index (χ0) is 24.0. The standard InChI is InChI=1S/C20H19F3N6O4/c1-12(2)29(33-19(31)20(21,22)23)17(30)11-32-15-5-3-4-13(8-15)18-24-7-6-16(28-18)27-14-9-25-26-10-14/h3-10,12H,11H2,1-2H3,(H,25,26)(H,24,27,28). The third-order valence-corrected chi connectivity index (χ3v) is 4.01. The number of alkyl halides is 3. The van der Waals surface area contributed by atoms with Crippen LogP contribution in [0.3, 0.4) is 0 Å². The van der Waals surface area contributed by atoms with E-state index in [1.807, 2.05) is 0 Å². The minimum atomic E-state index is -5.23. The summed E-state index contributed by atoms with van der Waals surface area (Å²) < 4.78 is 42.8. The van der Waals surface area contributed by atoms with Crippen molar-refractivity contribution in [1.29, 1.82) is 0 Å². The zero-order valence-electron chi connectivity index (χ0n) is 17.5. The number of ether oxygens (including phenoxy) is 1. The van der Waals surface area contributed by atoms with Crippen LogP contribution in [-0.2, 0) is 14.4 Å². The average Bonchev–Trinajstić information content (AvgIpc) is 3.28. The van der Waals surface area contributed by atoms with E-state index in [2.05, 4.69) is 30.3 Å². The molecule has 1 amide bonds. The van der Waals surface area contributed by atoms with E-state index in [1.165, 1.54) is 13.8 Å². The normalized spacial score (nSPS) is 11.2. The lowest BCUT2D eigenvalue weighted by Crippen LogP contribution is -2.44. The van der Waals surface area contributed by atoms with E-state index in [-0.39, 0.29) is 5.75 Å². The number of nitrogens with one attached hydrogen (secondary N) is 2. The highest BCUT2D eigenvalue weighted by atomic mass is 19.4. The fourth-order valence-electron chi connectivity index (χ4n) is 2.55. The number of aromatic amines is 1. The molecule has 0 radical (unpaired) electrons. The molecule has 0 aliphatic carbocycles. The summed E-state index contributed by atoms with van der Waals surface area (Å²) in [6.07, 6.45) is -0.444. The fraction of sp³-hybridized carbons (Fsp3) is 0.250. The number of hydrogen-bond acceptors (Lipinski definition) is 8. The number of hydrogen-bond donors (Lipinski definition) is 2. The fourth-order valence-corrected chi connectivity index (χ4v) is 2.55. The second kappa shape index (κ2) is 9.97. The maximum Gasteiger partial charge on any atom is 0.493 e. The third kappa shape index (κ3) is 6.41. The molecule has 0 aliphatic rings. The van der Waals surface area contributed by atoms with E-state index in [9.17, 15) is 22.8 Å². The minimum Gasteiger partial charge on any atom is -0.484 e. The average molecular weight is 464 g/mol. The molecule has 2 aromatic heterocycles. The SMILES string of the molecule is CC(C)N(OC(=O)C(F)(F)F)C(=O)COc1cccc(-c2nccc(Nc3cn[nH]c3)n2)c1. The number of carbonyl (C=O) groups excluding carboxylic acids is 2. The number of carbonyl (C=O) groups is 2. The number of aromatic nitrogens is 4. The van der Waals surface area contributed by atoms with Crippen molar-refractivity contribution in [3.8, 4) is 17.1 Å². The summed E-state index contributed by atoms with van der Waals surface area (Å²) in [5, 5.41) is 9.88. The summed E-state index contributed by atoms with van der Waals surface area (Å²) in [7, 11) is 0. The summed E-state index contributed by atoms with van der Waals surface area (Å²) in [5.74, 6) is -2.34. The van der Waals surface area contributed by atoms with Crippen molar-refractivity contribution in [2.75, 3.05) is 11.9 Å². The van der Waals surface area contributed by atoms with Crippen LogP contribution in [0.5, 0.6) is 5.75 Å². The highest BCUT2D eigenvalue weighted by Crippen LogP contribution is 2.23. The van der Waals surface area contributed by atoms with Gasteiger partial charge in [-0.05, 0) is 32.0 Å². The number of anilines is 2. The Balaban J connectivity index is 1.67. The van der Waals surface area contributed by atoms with Gasteiger partial charge in [-0.1, -0.05) is 12.1 Å². The van der Waals surface area contributed by atoms with Crippen molar-refractivity contribution < 1.29 is 32.3 Å². The number of halogens is 3. The van der Waals surface area contributed by atoms with Gasteiger partial charge in [0.25, 0.3) is 5.91 Å². The Bertz CT molecular complexity index is 1110. The first-order valence-corrected chi connectivity index (χ1v) is 9.56. The van der Waals surface area contributed by atoms with E-state index >= 15 is 0 Å². The predicted molar refractivity (Wildman–Crippen MR) is 109 cm³/mol. The van der Waals surface area contributed by atoms with E-state index in [0.717, 1.165) is 0 Å². The molecule has 3 aromatic rings. The molecule has 0 unspecified atom stereocenters. The number of amides is 1. The molecule has 0 atom stereocenters. The first-order valence-electron chi connectivity index (χ1n) is 9.56. The Morgan fingerprint density at radius 1 is 1.24 bits per heavy atom. The van der Waals surface area contributed by atoms with Crippen molar-refractivity contribution in [2.45, 2.75) is 26.1 Å². The summed E-state index contributed by atoms with van der Waals surface area (Å²) in [5.41, 5.74) is 1.27. The van der Waals surface area contributed by atoms with Crippen LogP contribution in [-0.4, -0.2) is 55.9 Å². The van der Waals surface area contributed by atoms with Crippen molar-refractivity contribution >= 4 is 23.4 Å². The van der Waals surface area contributed by atoms with Gasteiger partial charge in [0.2, 0.25) is 0 Å². The molecule has 0 spiro atoms. The minimum absolute atomic E-state index is 0.239. The Labute approximate surface area is 185 Å². The smallest absolute Gasteiger partial charge is 0.484 e. The second-order valence-electron chi connectivity index (χ2n) is 6.88. The third-order valence-electron chi connectivity index (χ3n) is 4.01. The molecule has 2 N–H and O–H groups in total. The van der Waals surface area contributed by atoms with Crippen LogP contribution in [0, 0.1) is 0 Å². The Hall–Kier alpha value is -4.16. The molecule has 13 heteroatoms. The number of rotatable bonds is 7. The van der Waals surface area contributed by atoms with E-state index in [4.69, 9.17) is 4.74 Å². The quantitative estimate of drug-likeness (QED) is 0.511. The van der Waals surface area contributed by atoms with Crippen molar-refractivity contribution in [1.82, 2.24) is 25.2 Å². The maximum absolute atomic E-state index is 12.5. The highest BCUT2D eigenvalue weighted by Gasteiger charge is 2.43. The Morgan fingerprint density at radius 2 is 2.03 bits per heavy atom. The first-order chi connectivity index (χ1) is 15.6. The lowest BCUT2D eigenvalue weighted by molar-refractivity contribution is -0.242. The maximum atomic E-state index is 12.5. The molecule has 33 heavy (non-hydrogen) atoms. The van der Waals surface area contributed by atoms with Gasteiger partial charge in [-0.2, -0.15) is 23.3 Å². The summed E-state index contributed by atoms with van der Waals surface area (Å²) in [6, 6.07) is 7.29. The Morgan fingerprint density at radius 3 is 2.70 bits per heavy atom. The molecule has 2 heterocycles. The van der Waals surface area contributed by atoms with Crippen molar-refractivity contribution in [3.05, 3.63) is 48.9 Å². The van der Waals surface area contributed by atoms with Gasteiger partial charge in [0.05, 0.1) is 17.9 Å². The van der Waals surface area contributed by atoms with Crippen LogP contribution < -0.4 is 10.1 Å². The van der Waals surface area contributed by atoms with Gasteiger partial charge in [0.15, 0.2) is 12.4 Å². The molecule has 0 saturated heterocycles. The molecule has 174 valence electrons. The number of H-pyrrole nitrogens is 1. The summed E-state index contributed by atoms with van der Waals surface area (Å²) in [4.78, 5) is 36.2. The molecule has 1 aromatic carbocycles. The van der Waals surface area contributed by atoms with Gasteiger partial charge in [-0.15, -0.1) is 0 Å². The molecule has 10 nitrogen and oxygen atoms in total. The molecule has 0 fully saturated rings. The van der Waals surface area contributed by atoms with E-state index in [1.54, 1.807) is 48.9 Å². The van der Waals surface area contributed by atoms with Crippen LogP contribution >= 0.6 is 0 Å². The monoisotopic (exact) mass is 464 g/mol. The van der Waals surface area contributed by atoms with Crippen LogP contribution in [0.15, 0.2) is 48.9 Å². The van der Waals surface area contributed by atoms with Gasteiger partial charge >= 0.3 is 12.1 Å². The molecule has 3 rings (SSSR count). The lowest BCUT2D eigenvalue weighted by Gasteiger charge is -2.25. The van der Waals surface area contributed by atoms with Gasteiger partial charge in [0.1, 0.15) is 11.6 Å². The first kappa shape index (κ1) is 23.5. The number of nitrogens with zero attached hydrogens (tertiary/aromatic N) is 4. The topological polar surface area (TPSA) is 122 Å². The van der Waals surface area contributed by atoms with Crippen molar-refractivity contribution in [3.63, 3.8) is 0 Å². The molecule has 0 saturated carbocycles. The molecular formula is C20H19F3N6O4. The highest BCUT2D eigenvalue weighted by molar-refractivity contribution is 5.81. The van der Waals surface area contributed by atoms with Gasteiger partial charge < -0.3 is 14.9 Å². The lowest BCUT2D eigenvalue weighted by atomic mass is 10.2. The van der Waals surface area contributed by atoms with Gasteiger partial charge in [0, 0.05) is 18.0 Å². The van der Waals surface area contributed by atoms with Gasteiger partial charge in [-0.3, -0.25) is 9.89 Å². The predicted octanol–water partition coefficient (Wildman–Crippen LogP) is 3.25. The molecule has 0 bridgehead atoms. The van der Waals surface area contributed by atoms with E-state index < -0.39 is 30.7 Å². The van der Waals surface area contributed by atoms with Crippen LogP contribution in [0.4, 0.5) is 24.7 Å². The van der Waals surface area contributed by atoms with E-state index in [0.29, 0.717) is 28.0 Å². The number of benzene rings is 1. The molecular weight excluding hydrogens is 445 g/mol. The molecule has 0 aliphatic heterocycles. The van der Waals surface area contributed by atoms with Crippen LogP contribution in [0.1, 0.15) is 13.8 Å². The summed E-state index contributed by atoms with van der Waals surface area (Å²) >= 11 is 0. The van der Waals surface area contributed by atoms with Gasteiger partial charge in [-0.25, -0.2) is 14.8 Å². The van der Waals surface area contributed by atoms with Crippen LogP contribution in [0.25, 0.3) is 11.4 Å². The van der Waals surface area contributed by atoms with Crippen molar-refractivity contribution in [2.24, 2.45) is 0 Å². The number of hydroxylamine groups is 2. The largest absolute Gasteiger partial charge is 0.493 e. The zero-order valence-corrected chi connectivity index (χ0v) is 17.5. The van der Waals surface area contributed by atoms with Crippen LogP contribution in [0.2, 0.25) is 0 Å². The summed E-state index contributed by atoms with van der Waals surface area (Å²) in [6.45, 7) is 2.13. The Kier molecular flexibility index (Phi) is 7.10. The second-order valence-corrected chi connectivity index (χ2v) is 6.88.